The van der Waals surface area contributed by atoms with Gasteiger partial charge in [0.25, 0.3) is 0 Å². The smallest absolute Gasteiger partial charge is 0.351 e. The monoisotopic (exact) mass is 258 g/mol. The summed E-state index contributed by atoms with van der Waals surface area (Å²) >= 11 is 0. The minimum absolute atomic E-state index is 0.0692. The number of hydrogen-bond donors (Lipinski definition) is 1. The maximum Gasteiger partial charge on any atom is 0.416 e. The van der Waals surface area contributed by atoms with Gasteiger partial charge in [0.1, 0.15) is 0 Å². The fourth-order valence-corrected chi connectivity index (χ4v) is 2.18. The number of primary amides is 1. The van der Waals surface area contributed by atoms with E-state index in [1.807, 2.05) is 0 Å². The van der Waals surface area contributed by atoms with Crippen LogP contribution in [0.1, 0.15) is 23.5 Å². The molecule has 0 radical (unpaired) electrons. The Morgan fingerprint density at radius 1 is 1.28 bits per heavy atom. The number of rotatable bonds is 1. The number of halogens is 3. The zero-order chi connectivity index (χ0) is 13.3. The van der Waals surface area contributed by atoms with Crippen molar-refractivity contribution in [3.05, 3.63) is 35.4 Å². The van der Waals surface area contributed by atoms with Gasteiger partial charge < -0.3 is 10.6 Å². The summed E-state index contributed by atoms with van der Waals surface area (Å²) in [7, 11) is 0. The molecule has 98 valence electrons. The number of urea groups is 1. The molecule has 0 aliphatic carbocycles. The molecule has 1 unspecified atom stereocenters. The molecule has 0 bridgehead atoms. The van der Waals surface area contributed by atoms with Crippen molar-refractivity contribution >= 4 is 6.03 Å². The molecule has 1 heterocycles. The Balaban J connectivity index is 2.10. The van der Waals surface area contributed by atoms with Gasteiger partial charge in [0.2, 0.25) is 0 Å². The van der Waals surface area contributed by atoms with Crippen LogP contribution < -0.4 is 5.73 Å². The van der Waals surface area contributed by atoms with Crippen LogP contribution in [0.5, 0.6) is 0 Å². The highest BCUT2D eigenvalue weighted by Gasteiger charge is 2.31. The lowest BCUT2D eigenvalue weighted by atomic mass is 9.97. The van der Waals surface area contributed by atoms with Crippen molar-refractivity contribution in [3.8, 4) is 0 Å². The summed E-state index contributed by atoms with van der Waals surface area (Å²) in [6, 6.07) is 4.60. The minimum atomic E-state index is -4.31. The fraction of sp³-hybridized carbons (Fsp3) is 0.417. The molecule has 0 saturated carbocycles. The number of nitrogens with two attached hydrogens (primary N) is 1. The van der Waals surface area contributed by atoms with Crippen LogP contribution in [-0.2, 0) is 6.18 Å². The molecule has 2 amide bonds. The lowest BCUT2D eigenvalue weighted by Gasteiger charge is -2.14. The van der Waals surface area contributed by atoms with Gasteiger partial charge in [-0.1, -0.05) is 12.1 Å². The highest BCUT2D eigenvalue weighted by Crippen LogP contribution is 2.32. The number of benzene rings is 1. The maximum atomic E-state index is 12.4. The third-order valence-electron chi connectivity index (χ3n) is 3.21. The van der Waals surface area contributed by atoms with Gasteiger partial charge in [0.05, 0.1) is 5.56 Å². The first kappa shape index (κ1) is 12.7. The molecule has 1 fully saturated rings. The van der Waals surface area contributed by atoms with Crippen molar-refractivity contribution in [2.24, 2.45) is 5.73 Å². The van der Waals surface area contributed by atoms with Gasteiger partial charge >= 0.3 is 12.2 Å². The molecule has 2 rings (SSSR count). The van der Waals surface area contributed by atoms with E-state index in [1.54, 1.807) is 0 Å². The Morgan fingerprint density at radius 3 is 2.33 bits per heavy atom. The average molecular weight is 258 g/mol. The van der Waals surface area contributed by atoms with Crippen LogP contribution >= 0.6 is 0 Å². The highest BCUT2D eigenvalue weighted by atomic mass is 19.4. The zero-order valence-electron chi connectivity index (χ0n) is 9.57. The number of amides is 2. The standard InChI is InChI=1S/C12H13F3N2O/c13-12(14,15)10-3-1-8(2-4-10)9-5-6-17(7-9)11(16)18/h1-4,9H,5-7H2,(H2,16,18). The quantitative estimate of drug-likeness (QED) is 0.826. The van der Waals surface area contributed by atoms with E-state index >= 15 is 0 Å². The number of carbonyl (C=O) groups excluding carboxylic acids is 1. The molecule has 1 aliphatic rings. The van der Waals surface area contributed by atoms with E-state index in [0.29, 0.717) is 13.1 Å². The van der Waals surface area contributed by atoms with E-state index in [4.69, 9.17) is 5.73 Å². The summed E-state index contributed by atoms with van der Waals surface area (Å²) in [5.41, 5.74) is 5.31. The van der Waals surface area contributed by atoms with Gasteiger partial charge in [0, 0.05) is 19.0 Å². The predicted octanol–water partition coefficient (Wildman–Crippen LogP) is 2.57. The van der Waals surface area contributed by atoms with Crippen molar-refractivity contribution in [1.82, 2.24) is 4.90 Å². The summed E-state index contributed by atoms with van der Waals surface area (Å²) in [5, 5.41) is 0. The lowest BCUT2D eigenvalue weighted by Crippen LogP contribution is -2.33. The molecule has 1 aromatic rings. The topological polar surface area (TPSA) is 46.3 Å². The molecular formula is C12H13F3N2O. The SMILES string of the molecule is NC(=O)N1CCC(c2ccc(C(F)(F)F)cc2)C1. The lowest BCUT2D eigenvalue weighted by molar-refractivity contribution is -0.137. The second kappa shape index (κ2) is 4.51. The Labute approximate surface area is 102 Å². The van der Waals surface area contributed by atoms with Gasteiger partial charge in [-0.3, -0.25) is 0 Å². The van der Waals surface area contributed by atoms with Gasteiger partial charge in [-0.2, -0.15) is 13.2 Å². The summed E-state index contributed by atoms with van der Waals surface area (Å²) in [5.74, 6) is 0.0692. The summed E-state index contributed by atoms with van der Waals surface area (Å²) < 4.78 is 37.2. The molecule has 1 aromatic carbocycles. The van der Waals surface area contributed by atoms with Crippen molar-refractivity contribution in [2.75, 3.05) is 13.1 Å². The molecule has 1 aliphatic heterocycles. The molecule has 3 nitrogen and oxygen atoms in total. The molecule has 2 N–H and O–H groups in total. The summed E-state index contributed by atoms with van der Waals surface area (Å²) in [6.45, 7) is 1.03. The zero-order valence-corrected chi connectivity index (χ0v) is 9.57. The van der Waals surface area contributed by atoms with Crippen molar-refractivity contribution < 1.29 is 18.0 Å². The third kappa shape index (κ3) is 2.57. The van der Waals surface area contributed by atoms with Crippen LogP contribution in [-0.4, -0.2) is 24.0 Å². The average Bonchev–Trinajstić information content (AvgIpc) is 2.77. The maximum absolute atomic E-state index is 12.4. The first-order chi connectivity index (χ1) is 8.38. The first-order valence-electron chi connectivity index (χ1n) is 5.59. The molecule has 1 atom stereocenters. The Hall–Kier alpha value is -1.72. The molecule has 6 heteroatoms. The number of carbonyl (C=O) groups is 1. The van der Waals surface area contributed by atoms with Crippen molar-refractivity contribution in [2.45, 2.75) is 18.5 Å². The number of alkyl halides is 3. The second-order valence-electron chi connectivity index (χ2n) is 4.39. The molecule has 18 heavy (non-hydrogen) atoms. The molecule has 0 spiro atoms. The van der Waals surface area contributed by atoms with Gasteiger partial charge in [0.15, 0.2) is 0 Å². The van der Waals surface area contributed by atoms with Crippen LogP contribution in [0, 0.1) is 0 Å². The number of nitrogens with zero attached hydrogens (tertiary/aromatic N) is 1. The van der Waals surface area contributed by atoms with E-state index in [2.05, 4.69) is 0 Å². The van der Waals surface area contributed by atoms with E-state index in [9.17, 15) is 18.0 Å². The number of likely N-dealkylation sites (tertiary alicyclic amines) is 1. The highest BCUT2D eigenvalue weighted by molar-refractivity contribution is 5.72. The van der Waals surface area contributed by atoms with Crippen LogP contribution in [0.2, 0.25) is 0 Å². The van der Waals surface area contributed by atoms with Crippen LogP contribution in [0.4, 0.5) is 18.0 Å². The van der Waals surface area contributed by atoms with Crippen molar-refractivity contribution in [3.63, 3.8) is 0 Å². The van der Waals surface area contributed by atoms with Crippen LogP contribution in [0.25, 0.3) is 0 Å². The van der Waals surface area contributed by atoms with E-state index in [1.165, 1.54) is 17.0 Å². The Bertz CT molecular complexity index is 442. The fourth-order valence-electron chi connectivity index (χ4n) is 2.18. The van der Waals surface area contributed by atoms with E-state index in [0.717, 1.165) is 24.1 Å². The molecular weight excluding hydrogens is 245 g/mol. The van der Waals surface area contributed by atoms with E-state index < -0.39 is 17.8 Å². The van der Waals surface area contributed by atoms with E-state index in [-0.39, 0.29) is 5.92 Å². The van der Waals surface area contributed by atoms with Crippen molar-refractivity contribution in [1.29, 1.82) is 0 Å². The Morgan fingerprint density at radius 2 is 1.89 bits per heavy atom. The predicted molar refractivity (Wildman–Crippen MR) is 60.0 cm³/mol. The molecule has 0 aromatic heterocycles. The van der Waals surface area contributed by atoms with Crippen LogP contribution in [0.3, 0.4) is 0 Å². The largest absolute Gasteiger partial charge is 0.416 e. The van der Waals surface area contributed by atoms with Gasteiger partial charge in [-0.15, -0.1) is 0 Å². The molecule has 1 saturated heterocycles. The second-order valence-corrected chi connectivity index (χ2v) is 4.39. The summed E-state index contributed by atoms with van der Waals surface area (Å²) in [4.78, 5) is 12.5. The van der Waals surface area contributed by atoms with Gasteiger partial charge in [-0.25, -0.2) is 4.79 Å². The third-order valence-corrected chi connectivity index (χ3v) is 3.21. The minimum Gasteiger partial charge on any atom is -0.351 e. The van der Waals surface area contributed by atoms with Crippen LogP contribution in [0.15, 0.2) is 24.3 Å². The first-order valence-corrected chi connectivity index (χ1v) is 5.59. The Kier molecular flexibility index (Phi) is 3.19. The normalized spacial score (nSPS) is 20.2. The number of hydrogen-bond acceptors (Lipinski definition) is 1. The summed E-state index contributed by atoms with van der Waals surface area (Å²) in [6.07, 6.45) is -3.58. The van der Waals surface area contributed by atoms with Gasteiger partial charge in [-0.05, 0) is 24.1 Å².